The van der Waals surface area contributed by atoms with Gasteiger partial charge in [-0.3, -0.25) is 0 Å². The number of nitrogens with one attached hydrogen (secondary N) is 1. The first-order valence-corrected chi connectivity index (χ1v) is 7.88. The Balaban J connectivity index is 2.14. The molecular weight excluding hydrogens is 266 g/mol. The van der Waals surface area contributed by atoms with E-state index in [1.54, 1.807) is 17.5 Å². The zero-order chi connectivity index (χ0) is 13.9. The summed E-state index contributed by atoms with van der Waals surface area (Å²) in [5.74, 6) is 0.279. The van der Waals surface area contributed by atoms with Gasteiger partial charge in [0.2, 0.25) is 10.0 Å². The highest BCUT2D eigenvalue weighted by Gasteiger charge is 2.30. The molecule has 0 spiro atoms. The van der Waals surface area contributed by atoms with E-state index in [4.69, 9.17) is 10.5 Å². The average molecular weight is 287 g/mol. The van der Waals surface area contributed by atoms with Crippen LogP contribution in [0.3, 0.4) is 0 Å². The molecule has 108 valence electrons. The van der Waals surface area contributed by atoms with Crippen molar-refractivity contribution in [3.05, 3.63) is 18.0 Å². The molecule has 1 fully saturated rings. The first-order valence-electron chi connectivity index (χ1n) is 6.44. The lowest BCUT2D eigenvalue weighted by Gasteiger charge is -2.31. The van der Waals surface area contributed by atoms with Gasteiger partial charge in [0.25, 0.3) is 0 Å². The Hall–Kier alpha value is -0.890. The minimum Gasteiger partial charge on any atom is -0.384 e. The summed E-state index contributed by atoms with van der Waals surface area (Å²) >= 11 is 0. The average Bonchev–Trinajstić information content (AvgIpc) is 2.89. The number of hydrogen-bond donors (Lipinski definition) is 2. The van der Waals surface area contributed by atoms with Gasteiger partial charge in [0.05, 0.1) is 11.5 Å². The van der Waals surface area contributed by atoms with Gasteiger partial charge in [0.15, 0.2) is 0 Å². The number of piperidine rings is 1. The van der Waals surface area contributed by atoms with Crippen LogP contribution in [0, 0.1) is 5.92 Å². The molecule has 6 nitrogen and oxygen atoms in total. The Morgan fingerprint density at radius 2 is 2.37 bits per heavy atom. The summed E-state index contributed by atoms with van der Waals surface area (Å²) in [5.41, 5.74) is 6.22. The molecule has 1 atom stereocenters. The third kappa shape index (κ3) is 3.17. The maximum atomic E-state index is 12.5. The summed E-state index contributed by atoms with van der Waals surface area (Å²) in [6, 6.07) is 1.61. The number of rotatable bonds is 5. The van der Waals surface area contributed by atoms with Gasteiger partial charge in [-0.05, 0) is 24.8 Å². The summed E-state index contributed by atoms with van der Waals surface area (Å²) in [6.45, 7) is 2.01. The maximum Gasteiger partial charge on any atom is 0.244 e. The zero-order valence-corrected chi connectivity index (χ0v) is 11.9. The topological polar surface area (TPSA) is 88.4 Å². The second kappa shape index (κ2) is 6.04. The van der Waals surface area contributed by atoms with Crippen LogP contribution in [0.5, 0.6) is 0 Å². The fourth-order valence-corrected chi connectivity index (χ4v) is 4.03. The largest absolute Gasteiger partial charge is 0.384 e. The van der Waals surface area contributed by atoms with Crippen molar-refractivity contribution < 1.29 is 13.2 Å². The lowest BCUT2D eigenvalue weighted by molar-refractivity contribution is 0.118. The molecule has 7 heteroatoms. The van der Waals surface area contributed by atoms with Crippen LogP contribution in [0.15, 0.2) is 17.2 Å². The van der Waals surface area contributed by atoms with E-state index in [9.17, 15) is 8.42 Å². The molecule has 1 aromatic rings. The number of nitrogens with two attached hydrogens (primary N) is 1. The van der Waals surface area contributed by atoms with Crippen molar-refractivity contribution in [1.82, 2.24) is 9.29 Å². The van der Waals surface area contributed by atoms with Gasteiger partial charge in [-0.1, -0.05) is 0 Å². The number of methoxy groups -OCH3 is 1. The minimum atomic E-state index is -3.41. The van der Waals surface area contributed by atoms with E-state index in [2.05, 4.69) is 4.98 Å². The van der Waals surface area contributed by atoms with Crippen molar-refractivity contribution in [2.45, 2.75) is 24.3 Å². The number of H-pyrrole nitrogens is 1. The molecule has 0 saturated carbocycles. The van der Waals surface area contributed by atoms with E-state index in [0.29, 0.717) is 31.1 Å². The summed E-state index contributed by atoms with van der Waals surface area (Å²) in [4.78, 5) is 3.18. The molecule has 0 aliphatic carbocycles. The Labute approximate surface area is 114 Å². The van der Waals surface area contributed by atoms with Gasteiger partial charge in [0.1, 0.15) is 0 Å². The van der Waals surface area contributed by atoms with Gasteiger partial charge in [-0.25, -0.2) is 8.42 Å². The van der Waals surface area contributed by atoms with Crippen molar-refractivity contribution in [3.63, 3.8) is 0 Å². The predicted molar refractivity (Wildman–Crippen MR) is 72.0 cm³/mol. The number of nitrogens with zero attached hydrogens (tertiary/aromatic N) is 1. The van der Waals surface area contributed by atoms with Crippen LogP contribution in [0.25, 0.3) is 0 Å². The number of ether oxygens (including phenoxy) is 1. The smallest absolute Gasteiger partial charge is 0.244 e. The van der Waals surface area contributed by atoms with Crippen molar-refractivity contribution >= 4 is 10.0 Å². The van der Waals surface area contributed by atoms with Crippen molar-refractivity contribution in [2.75, 3.05) is 26.8 Å². The first-order chi connectivity index (χ1) is 9.07. The van der Waals surface area contributed by atoms with E-state index in [0.717, 1.165) is 18.5 Å². The highest BCUT2D eigenvalue weighted by molar-refractivity contribution is 7.89. The predicted octanol–water partition coefficient (Wildman–Crippen LogP) is 0.521. The highest BCUT2D eigenvalue weighted by atomic mass is 32.2. The van der Waals surface area contributed by atoms with Crippen molar-refractivity contribution in [2.24, 2.45) is 11.7 Å². The number of aromatic nitrogens is 1. The summed E-state index contributed by atoms with van der Waals surface area (Å²) < 4.78 is 31.7. The van der Waals surface area contributed by atoms with Crippen LogP contribution in [0.1, 0.15) is 18.5 Å². The molecule has 0 aromatic carbocycles. The second-order valence-electron chi connectivity index (χ2n) is 4.89. The van der Waals surface area contributed by atoms with E-state index < -0.39 is 10.0 Å². The molecule has 0 amide bonds. The third-order valence-corrected chi connectivity index (χ3v) is 5.30. The Kier molecular flexibility index (Phi) is 4.62. The lowest BCUT2D eigenvalue weighted by Crippen LogP contribution is -2.40. The van der Waals surface area contributed by atoms with Crippen LogP contribution in [-0.2, 0) is 21.3 Å². The fourth-order valence-electron chi connectivity index (χ4n) is 2.45. The van der Waals surface area contributed by atoms with Gasteiger partial charge >= 0.3 is 0 Å². The second-order valence-corrected chi connectivity index (χ2v) is 6.83. The molecule has 1 unspecified atom stereocenters. The molecule has 1 aliphatic rings. The number of hydrogen-bond acceptors (Lipinski definition) is 4. The van der Waals surface area contributed by atoms with Gasteiger partial charge in [0, 0.05) is 38.6 Å². The highest BCUT2D eigenvalue weighted by Crippen LogP contribution is 2.24. The normalized spacial score (nSPS) is 21.7. The molecule has 0 radical (unpaired) electrons. The van der Waals surface area contributed by atoms with E-state index in [1.807, 2.05) is 0 Å². The maximum absolute atomic E-state index is 12.5. The van der Waals surface area contributed by atoms with Gasteiger partial charge < -0.3 is 15.5 Å². The Morgan fingerprint density at radius 1 is 1.58 bits per heavy atom. The summed E-state index contributed by atoms with van der Waals surface area (Å²) in [6.07, 6.45) is 3.40. The third-order valence-electron chi connectivity index (χ3n) is 3.46. The SMILES string of the molecule is COCC1CCCN(S(=O)(=O)c2c[nH]c(CN)c2)C1. The molecular formula is C12H21N3O3S. The molecule has 1 saturated heterocycles. The van der Waals surface area contributed by atoms with Crippen LogP contribution >= 0.6 is 0 Å². The fraction of sp³-hybridized carbons (Fsp3) is 0.667. The number of aromatic amines is 1. The summed E-state index contributed by atoms with van der Waals surface area (Å²) in [7, 11) is -1.77. The molecule has 0 bridgehead atoms. The van der Waals surface area contributed by atoms with E-state index in [-0.39, 0.29) is 5.92 Å². The quantitative estimate of drug-likeness (QED) is 0.826. The van der Waals surface area contributed by atoms with Crippen LogP contribution in [0.4, 0.5) is 0 Å². The molecule has 1 aliphatic heterocycles. The van der Waals surface area contributed by atoms with Crippen LogP contribution in [0.2, 0.25) is 0 Å². The van der Waals surface area contributed by atoms with Gasteiger partial charge in [-0.2, -0.15) is 4.31 Å². The molecule has 3 N–H and O–H groups in total. The zero-order valence-electron chi connectivity index (χ0n) is 11.1. The monoisotopic (exact) mass is 287 g/mol. The minimum absolute atomic E-state index is 0.279. The summed E-state index contributed by atoms with van der Waals surface area (Å²) in [5, 5.41) is 0. The molecule has 1 aromatic heterocycles. The molecule has 2 rings (SSSR count). The van der Waals surface area contributed by atoms with Crippen molar-refractivity contribution in [1.29, 1.82) is 0 Å². The van der Waals surface area contributed by atoms with Crippen LogP contribution < -0.4 is 5.73 Å². The molecule has 2 heterocycles. The van der Waals surface area contributed by atoms with Gasteiger partial charge in [-0.15, -0.1) is 0 Å². The van der Waals surface area contributed by atoms with Crippen molar-refractivity contribution in [3.8, 4) is 0 Å². The van der Waals surface area contributed by atoms with Crippen LogP contribution in [-0.4, -0.2) is 44.5 Å². The number of sulfonamides is 1. The van der Waals surface area contributed by atoms with E-state index >= 15 is 0 Å². The van der Waals surface area contributed by atoms with E-state index in [1.165, 1.54) is 6.20 Å². The Morgan fingerprint density at radius 3 is 3.00 bits per heavy atom. The Bertz CT molecular complexity index is 510. The molecule has 19 heavy (non-hydrogen) atoms. The first kappa shape index (κ1) is 14.5. The lowest BCUT2D eigenvalue weighted by atomic mass is 10.0. The standard InChI is InChI=1S/C12H21N3O3S/c1-18-9-10-3-2-4-15(8-10)19(16,17)12-5-11(6-13)14-7-12/h5,7,10,14H,2-4,6,8-9,13H2,1H3.